The van der Waals surface area contributed by atoms with Gasteiger partial charge in [-0.15, -0.1) is 0 Å². The smallest absolute Gasteiger partial charge is 0.236 e. The van der Waals surface area contributed by atoms with E-state index in [0.29, 0.717) is 11.8 Å². The largest absolute Gasteiger partial charge is 0.354 e. The zero-order valence-electron chi connectivity index (χ0n) is 12.8. The molecule has 4 heteroatoms. The van der Waals surface area contributed by atoms with Gasteiger partial charge in [0.1, 0.15) is 0 Å². The number of amides is 1. The lowest BCUT2D eigenvalue weighted by molar-refractivity contribution is -0.123. The van der Waals surface area contributed by atoms with Gasteiger partial charge in [0.25, 0.3) is 0 Å². The molecule has 0 bridgehead atoms. The van der Waals surface area contributed by atoms with Crippen molar-refractivity contribution in [3.8, 4) is 0 Å². The second kappa shape index (κ2) is 8.54. The average Bonchev–Trinajstić information content (AvgIpc) is 2.36. The molecule has 1 rings (SSSR count). The SMILES string of the molecule is CCCN1CCCC(CNC(=O)[C@@H](N)CC(C)C)C1. The molecule has 19 heavy (non-hydrogen) atoms. The maximum atomic E-state index is 11.9. The topological polar surface area (TPSA) is 58.4 Å². The fourth-order valence-electron chi connectivity index (χ4n) is 2.83. The van der Waals surface area contributed by atoms with Crippen molar-refractivity contribution in [3.05, 3.63) is 0 Å². The number of rotatable bonds is 7. The Morgan fingerprint density at radius 1 is 1.47 bits per heavy atom. The summed E-state index contributed by atoms with van der Waals surface area (Å²) in [6.45, 7) is 10.7. The van der Waals surface area contributed by atoms with Gasteiger partial charge in [0.2, 0.25) is 5.91 Å². The van der Waals surface area contributed by atoms with Crippen LogP contribution in [-0.4, -0.2) is 43.0 Å². The van der Waals surface area contributed by atoms with Crippen molar-refractivity contribution in [3.63, 3.8) is 0 Å². The molecule has 1 heterocycles. The predicted molar refractivity (Wildman–Crippen MR) is 79.9 cm³/mol. The number of piperidine rings is 1. The van der Waals surface area contributed by atoms with E-state index in [1.807, 2.05) is 0 Å². The first-order chi connectivity index (χ1) is 9.02. The number of nitrogens with two attached hydrogens (primary N) is 1. The van der Waals surface area contributed by atoms with Crippen LogP contribution >= 0.6 is 0 Å². The Bertz CT molecular complexity index is 266. The van der Waals surface area contributed by atoms with E-state index in [-0.39, 0.29) is 11.9 Å². The third kappa shape index (κ3) is 6.39. The molecule has 0 aromatic rings. The van der Waals surface area contributed by atoms with Gasteiger partial charge in [0, 0.05) is 13.1 Å². The summed E-state index contributed by atoms with van der Waals surface area (Å²) in [4.78, 5) is 14.4. The summed E-state index contributed by atoms with van der Waals surface area (Å²) in [5.74, 6) is 1.08. The Balaban J connectivity index is 2.25. The molecule has 1 amide bonds. The summed E-state index contributed by atoms with van der Waals surface area (Å²) in [6.07, 6.45) is 4.44. The highest BCUT2D eigenvalue weighted by Gasteiger charge is 2.21. The van der Waals surface area contributed by atoms with Gasteiger partial charge in [0.15, 0.2) is 0 Å². The normalized spacial score (nSPS) is 22.5. The first-order valence-electron chi connectivity index (χ1n) is 7.78. The quantitative estimate of drug-likeness (QED) is 0.738. The van der Waals surface area contributed by atoms with Gasteiger partial charge in [0.05, 0.1) is 6.04 Å². The number of hydrogen-bond acceptors (Lipinski definition) is 3. The monoisotopic (exact) mass is 269 g/mol. The van der Waals surface area contributed by atoms with Gasteiger partial charge in [-0.2, -0.15) is 0 Å². The fraction of sp³-hybridized carbons (Fsp3) is 0.933. The van der Waals surface area contributed by atoms with Crippen molar-refractivity contribution in [1.82, 2.24) is 10.2 Å². The molecule has 1 unspecified atom stereocenters. The standard InChI is InChI=1S/C15H31N3O/c1-4-7-18-8-5-6-13(11-18)10-17-15(19)14(16)9-12(2)3/h12-14H,4-11,16H2,1-3H3,(H,17,19)/t13?,14-/m0/s1. The number of nitrogens with zero attached hydrogens (tertiary/aromatic N) is 1. The number of nitrogens with one attached hydrogen (secondary N) is 1. The van der Waals surface area contributed by atoms with Crippen LogP contribution in [0.5, 0.6) is 0 Å². The highest BCUT2D eigenvalue weighted by atomic mass is 16.2. The van der Waals surface area contributed by atoms with Crippen LogP contribution in [0.3, 0.4) is 0 Å². The first kappa shape index (κ1) is 16.4. The van der Waals surface area contributed by atoms with E-state index in [1.165, 1.54) is 32.4 Å². The Hall–Kier alpha value is -0.610. The second-order valence-corrected chi connectivity index (χ2v) is 6.29. The van der Waals surface area contributed by atoms with Crippen LogP contribution in [0, 0.1) is 11.8 Å². The van der Waals surface area contributed by atoms with Crippen LogP contribution in [0.2, 0.25) is 0 Å². The van der Waals surface area contributed by atoms with Crippen molar-refractivity contribution in [2.75, 3.05) is 26.2 Å². The zero-order valence-corrected chi connectivity index (χ0v) is 12.8. The van der Waals surface area contributed by atoms with E-state index < -0.39 is 0 Å². The number of hydrogen-bond donors (Lipinski definition) is 2. The molecule has 1 fully saturated rings. The van der Waals surface area contributed by atoms with Crippen molar-refractivity contribution in [2.24, 2.45) is 17.6 Å². The van der Waals surface area contributed by atoms with Crippen molar-refractivity contribution in [1.29, 1.82) is 0 Å². The van der Waals surface area contributed by atoms with E-state index in [2.05, 4.69) is 31.0 Å². The molecule has 3 N–H and O–H groups in total. The Morgan fingerprint density at radius 2 is 2.21 bits per heavy atom. The van der Waals surface area contributed by atoms with E-state index in [1.54, 1.807) is 0 Å². The summed E-state index contributed by atoms with van der Waals surface area (Å²) in [5.41, 5.74) is 5.89. The number of carbonyl (C=O) groups excluding carboxylic acids is 1. The van der Waals surface area contributed by atoms with E-state index in [0.717, 1.165) is 19.5 Å². The van der Waals surface area contributed by atoms with Gasteiger partial charge in [-0.25, -0.2) is 0 Å². The molecule has 2 atom stereocenters. The molecule has 1 saturated heterocycles. The molecule has 4 nitrogen and oxygen atoms in total. The van der Waals surface area contributed by atoms with Crippen LogP contribution < -0.4 is 11.1 Å². The Kier molecular flexibility index (Phi) is 7.39. The Labute approximate surface area is 118 Å². The van der Waals surface area contributed by atoms with E-state index in [4.69, 9.17) is 5.73 Å². The minimum atomic E-state index is -0.352. The van der Waals surface area contributed by atoms with Crippen LogP contribution in [0.1, 0.15) is 46.5 Å². The third-order valence-electron chi connectivity index (χ3n) is 3.77. The van der Waals surface area contributed by atoms with Gasteiger partial charge in [-0.3, -0.25) is 4.79 Å². The first-order valence-corrected chi connectivity index (χ1v) is 7.78. The van der Waals surface area contributed by atoms with Crippen LogP contribution in [-0.2, 0) is 4.79 Å². The van der Waals surface area contributed by atoms with Crippen LogP contribution in [0.15, 0.2) is 0 Å². The maximum absolute atomic E-state index is 11.9. The lowest BCUT2D eigenvalue weighted by atomic mass is 9.97. The molecule has 0 radical (unpaired) electrons. The minimum absolute atomic E-state index is 0.0151. The minimum Gasteiger partial charge on any atom is -0.354 e. The summed E-state index contributed by atoms with van der Waals surface area (Å²) >= 11 is 0. The lowest BCUT2D eigenvalue weighted by Gasteiger charge is -2.32. The molecule has 1 aliphatic rings. The van der Waals surface area contributed by atoms with Crippen LogP contribution in [0.4, 0.5) is 0 Å². The average molecular weight is 269 g/mol. The van der Waals surface area contributed by atoms with Gasteiger partial charge in [-0.1, -0.05) is 20.8 Å². The van der Waals surface area contributed by atoms with Gasteiger partial charge in [-0.05, 0) is 50.6 Å². The number of carbonyl (C=O) groups is 1. The molecule has 0 aliphatic carbocycles. The Morgan fingerprint density at radius 3 is 2.84 bits per heavy atom. The number of likely N-dealkylation sites (tertiary alicyclic amines) is 1. The second-order valence-electron chi connectivity index (χ2n) is 6.29. The lowest BCUT2D eigenvalue weighted by Crippen LogP contribution is -2.46. The third-order valence-corrected chi connectivity index (χ3v) is 3.77. The van der Waals surface area contributed by atoms with Crippen molar-refractivity contribution < 1.29 is 4.79 Å². The molecule has 0 spiro atoms. The molecule has 1 aliphatic heterocycles. The molecule has 112 valence electrons. The van der Waals surface area contributed by atoms with Gasteiger partial charge >= 0.3 is 0 Å². The molecule has 0 aromatic heterocycles. The zero-order chi connectivity index (χ0) is 14.3. The fourth-order valence-corrected chi connectivity index (χ4v) is 2.83. The highest BCUT2D eigenvalue weighted by Crippen LogP contribution is 2.15. The molecular weight excluding hydrogens is 238 g/mol. The summed E-state index contributed by atoms with van der Waals surface area (Å²) in [6, 6.07) is -0.352. The summed E-state index contributed by atoms with van der Waals surface area (Å²) in [7, 11) is 0. The van der Waals surface area contributed by atoms with Crippen molar-refractivity contribution in [2.45, 2.75) is 52.5 Å². The predicted octanol–water partition coefficient (Wildman–Crippen LogP) is 1.60. The van der Waals surface area contributed by atoms with Crippen LogP contribution in [0.25, 0.3) is 0 Å². The molecule has 0 saturated carbocycles. The summed E-state index contributed by atoms with van der Waals surface area (Å²) < 4.78 is 0. The van der Waals surface area contributed by atoms with E-state index >= 15 is 0 Å². The molecule has 0 aromatic carbocycles. The highest BCUT2D eigenvalue weighted by molar-refractivity contribution is 5.81. The molecular formula is C15H31N3O. The maximum Gasteiger partial charge on any atom is 0.236 e. The van der Waals surface area contributed by atoms with Crippen molar-refractivity contribution >= 4 is 5.91 Å². The van der Waals surface area contributed by atoms with Gasteiger partial charge < -0.3 is 16.0 Å². The van der Waals surface area contributed by atoms with E-state index in [9.17, 15) is 4.79 Å². The summed E-state index contributed by atoms with van der Waals surface area (Å²) in [5, 5.41) is 3.03.